The fourth-order valence-electron chi connectivity index (χ4n) is 1.38. The van der Waals surface area contributed by atoms with Gasteiger partial charge in [-0.3, -0.25) is 0 Å². The van der Waals surface area contributed by atoms with E-state index in [9.17, 15) is 4.79 Å². The largest absolute Gasteiger partial charge is 0.477 e. The van der Waals surface area contributed by atoms with Crippen molar-refractivity contribution in [2.75, 3.05) is 0 Å². The fourth-order valence-corrected chi connectivity index (χ4v) is 1.95. The molecule has 0 aliphatic rings. The van der Waals surface area contributed by atoms with Gasteiger partial charge in [0.2, 0.25) is 0 Å². The molecule has 0 aliphatic heterocycles. The van der Waals surface area contributed by atoms with E-state index in [-0.39, 0.29) is 32.5 Å². The first-order valence-electron chi connectivity index (χ1n) is 5.28. The number of nitrogens with zero attached hydrogens (tertiary/aromatic N) is 2. The Morgan fingerprint density at radius 3 is 2.40 bits per heavy atom. The number of carbonyl (C=O) groups is 1. The first-order valence-corrected chi connectivity index (χ1v) is 6.41. The van der Waals surface area contributed by atoms with Crippen LogP contribution in [0.4, 0.5) is 0 Å². The average Bonchev–Trinajstić information content (AvgIpc) is 2.35. The smallest absolute Gasteiger partial charge is 0.354 e. The predicted molar refractivity (Wildman–Crippen MR) is 75.3 cm³/mol. The molecule has 1 aromatic heterocycles. The predicted octanol–water partition coefficient (Wildman–Crippen LogP) is 4.24. The Morgan fingerprint density at radius 2 is 1.75 bits per heavy atom. The number of aromatic carboxylic acids is 1. The van der Waals surface area contributed by atoms with Crippen LogP contribution in [0.3, 0.4) is 0 Å². The molecular formula is C12H7Cl3N2O3. The van der Waals surface area contributed by atoms with Crippen molar-refractivity contribution in [2.24, 2.45) is 0 Å². The lowest BCUT2D eigenvalue weighted by molar-refractivity contribution is 0.0689. The summed E-state index contributed by atoms with van der Waals surface area (Å²) in [6.45, 7) is 1.62. The van der Waals surface area contributed by atoms with Crippen LogP contribution in [0.2, 0.25) is 15.1 Å². The van der Waals surface area contributed by atoms with E-state index < -0.39 is 5.97 Å². The van der Waals surface area contributed by atoms with Crippen LogP contribution in [0, 0.1) is 6.92 Å². The van der Waals surface area contributed by atoms with Crippen molar-refractivity contribution in [2.45, 2.75) is 6.92 Å². The van der Waals surface area contributed by atoms with E-state index in [2.05, 4.69) is 9.97 Å². The molecule has 1 aromatic carbocycles. The van der Waals surface area contributed by atoms with Crippen molar-refractivity contribution in [3.05, 3.63) is 44.7 Å². The molecular weight excluding hydrogens is 327 g/mol. The molecule has 0 spiro atoms. The van der Waals surface area contributed by atoms with Crippen molar-refractivity contribution < 1.29 is 14.6 Å². The van der Waals surface area contributed by atoms with Crippen LogP contribution in [0.5, 0.6) is 11.8 Å². The SMILES string of the molecule is Cc1cc(C(=O)O)nc(Oc2cc(Cl)c(Cl)cc2Cl)n1. The normalized spacial score (nSPS) is 10.4. The molecule has 0 atom stereocenters. The van der Waals surface area contributed by atoms with Gasteiger partial charge in [0.15, 0.2) is 11.4 Å². The maximum atomic E-state index is 10.9. The van der Waals surface area contributed by atoms with E-state index in [1.807, 2.05) is 0 Å². The molecule has 0 fully saturated rings. The quantitative estimate of drug-likeness (QED) is 0.851. The number of hydrogen-bond donors (Lipinski definition) is 1. The van der Waals surface area contributed by atoms with Gasteiger partial charge in [-0.2, -0.15) is 4.98 Å². The monoisotopic (exact) mass is 332 g/mol. The molecule has 0 aliphatic carbocycles. The van der Waals surface area contributed by atoms with E-state index in [4.69, 9.17) is 44.6 Å². The highest BCUT2D eigenvalue weighted by Gasteiger charge is 2.13. The maximum absolute atomic E-state index is 10.9. The fraction of sp³-hybridized carbons (Fsp3) is 0.0833. The molecule has 0 radical (unpaired) electrons. The summed E-state index contributed by atoms with van der Waals surface area (Å²) in [6.07, 6.45) is 0. The van der Waals surface area contributed by atoms with Crippen molar-refractivity contribution in [1.82, 2.24) is 9.97 Å². The number of carboxylic acid groups (broad SMARTS) is 1. The average molecular weight is 334 g/mol. The Bertz CT molecular complexity index is 692. The third-order valence-electron chi connectivity index (χ3n) is 2.23. The number of benzene rings is 1. The lowest BCUT2D eigenvalue weighted by atomic mass is 10.3. The van der Waals surface area contributed by atoms with Crippen molar-refractivity contribution in [3.63, 3.8) is 0 Å². The molecule has 1 heterocycles. The second kappa shape index (κ2) is 5.83. The van der Waals surface area contributed by atoms with Crippen molar-refractivity contribution in [1.29, 1.82) is 0 Å². The molecule has 20 heavy (non-hydrogen) atoms. The van der Waals surface area contributed by atoms with Gasteiger partial charge in [-0.05, 0) is 19.1 Å². The number of halogens is 3. The Labute approximate surface area is 129 Å². The summed E-state index contributed by atoms with van der Waals surface area (Å²) in [5.41, 5.74) is 0.271. The van der Waals surface area contributed by atoms with Gasteiger partial charge >= 0.3 is 12.0 Å². The lowest BCUT2D eigenvalue weighted by Gasteiger charge is -2.08. The summed E-state index contributed by atoms with van der Waals surface area (Å²) >= 11 is 17.6. The van der Waals surface area contributed by atoms with Gasteiger partial charge < -0.3 is 9.84 Å². The molecule has 0 saturated heterocycles. The van der Waals surface area contributed by atoms with Gasteiger partial charge in [0, 0.05) is 11.8 Å². The van der Waals surface area contributed by atoms with Gasteiger partial charge in [-0.1, -0.05) is 34.8 Å². The first-order chi connectivity index (χ1) is 9.36. The highest BCUT2D eigenvalue weighted by atomic mass is 35.5. The topological polar surface area (TPSA) is 72.3 Å². The van der Waals surface area contributed by atoms with Gasteiger partial charge in [-0.25, -0.2) is 9.78 Å². The van der Waals surface area contributed by atoms with Crippen LogP contribution >= 0.6 is 34.8 Å². The highest BCUT2D eigenvalue weighted by Crippen LogP contribution is 2.35. The van der Waals surface area contributed by atoms with E-state index in [1.54, 1.807) is 6.92 Å². The zero-order valence-corrected chi connectivity index (χ0v) is 12.3. The summed E-state index contributed by atoms with van der Waals surface area (Å²) in [6, 6.07) is 4.00. The third kappa shape index (κ3) is 3.30. The number of aryl methyl sites for hydroxylation is 1. The molecule has 0 amide bonds. The van der Waals surface area contributed by atoms with Gasteiger partial charge in [0.25, 0.3) is 0 Å². The highest BCUT2D eigenvalue weighted by molar-refractivity contribution is 6.43. The second-order valence-corrected chi connectivity index (χ2v) is 5.00. The minimum atomic E-state index is -1.18. The number of rotatable bonds is 3. The minimum absolute atomic E-state index is 0.136. The summed E-state index contributed by atoms with van der Waals surface area (Å²) in [5.74, 6) is -0.997. The van der Waals surface area contributed by atoms with Crippen molar-refractivity contribution >= 4 is 40.8 Å². The summed E-state index contributed by atoms with van der Waals surface area (Å²) in [7, 11) is 0. The number of aromatic nitrogens is 2. The zero-order chi connectivity index (χ0) is 14.9. The van der Waals surface area contributed by atoms with Crippen LogP contribution < -0.4 is 4.74 Å². The third-order valence-corrected chi connectivity index (χ3v) is 3.25. The maximum Gasteiger partial charge on any atom is 0.354 e. The molecule has 0 unspecified atom stereocenters. The van der Waals surface area contributed by atoms with E-state index in [0.29, 0.717) is 5.69 Å². The molecule has 5 nitrogen and oxygen atoms in total. The molecule has 2 rings (SSSR count). The van der Waals surface area contributed by atoms with Crippen molar-refractivity contribution in [3.8, 4) is 11.8 Å². The molecule has 2 aromatic rings. The molecule has 1 N–H and O–H groups in total. The first kappa shape index (κ1) is 14.8. The minimum Gasteiger partial charge on any atom is -0.477 e. The van der Waals surface area contributed by atoms with E-state index >= 15 is 0 Å². The molecule has 0 saturated carbocycles. The number of hydrogen-bond acceptors (Lipinski definition) is 4. The lowest BCUT2D eigenvalue weighted by Crippen LogP contribution is -2.04. The van der Waals surface area contributed by atoms with Crippen LogP contribution in [-0.4, -0.2) is 21.0 Å². The van der Waals surface area contributed by atoms with E-state index in [1.165, 1.54) is 18.2 Å². The standard InChI is InChI=1S/C12H7Cl3N2O3/c1-5-2-9(11(18)19)17-12(16-5)20-10-4-7(14)6(13)3-8(10)15/h2-4H,1H3,(H,18,19). The second-order valence-electron chi connectivity index (χ2n) is 3.78. The molecule has 8 heteroatoms. The van der Waals surface area contributed by atoms with Gasteiger partial charge in [0.05, 0.1) is 15.1 Å². The van der Waals surface area contributed by atoms with Crippen LogP contribution in [0.15, 0.2) is 18.2 Å². The number of carboxylic acids is 1. The zero-order valence-electron chi connectivity index (χ0n) is 10.0. The Kier molecular flexibility index (Phi) is 4.32. The Morgan fingerprint density at radius 1 is 1.10 bits per heavy atom. The summed E-state index contributed by atoms with van der Waals surface area (Å²) in [5, 5.41) is 9.66. The molecule has 0 bridgehead atoms. The number of ether oxygens (including phenoxy) is 1. The Balaban J connectivity index is 2.40. The molecule has 104 valence electrons. The van der Waals surface area contributed by atoms with Crippen LogP contribution in [-0.2, 0) is 0 Å². The van der Waals surface area contributed by atoms with Gasteiger partial charge in [-0.15, -0.1) is 0 Å². The van der Waals surface area contributed by atoms with Gasteiger partial charge in [0.1, 0.15) is 0 Å². The van der Waals surface area contributed by atoms with E-state index in [0.717, 1.165) is 0 Å². The summed E-state index contributed by atoms with van der Waals surface area (Å²) in [4.78, 5) is 18.6. The Hall–Kier alpha value is -1.56. The van der Waals surface area contributed by atoms with Crippen LogP contribution in [0.1, 0.15) is 16.2 Å². The van der Waals surface area contributed by atoms with Crippen LogP contribution in [0.25, 0.3) is 0 Å². The summed E-state index contributed by atoms with van der Waals surface area (Å²) < 4.78 is 5.36.